The number of ether oxygens (including phenoxy) is 1. The Balaban J connectivity index is 2.49. The Morgan fingerprint density at radius 1 is 1.47 bits per heavy atom. The molecule has 0 radical (unpaired) electrons. The molecule has 104 valence electrons. The predicted octanol–water partition coefficient (Wildman–Crippen LogP) is 4.10. The lowest BCUT2D eigenvalue weighted by Gasteiger charge is -2.15. The number of aliphatic hydroxyl groups excluding tert-OH is 1. The van der Waals surface area contributed by atoms with Crippen molar-refractivity contribution in [3.05, 3.63) is 28.8 Å². The van der Waals surface area contributed by atoms with Crippen molar-refractivity contribution in [1.82, 2.24) is 0 Å². The van der Waals surface area contributed by atoms with Gasteiger partial charge in [-0.1, -0.05) is 17.7 Å². The third-order valence-corrected chi connectivity index (χ3v) is 3.24. The fraction of sp³-hybridized carbons (Fsp3) is 0.533. The summed E-state index contributed by atoms with van der Waals surface area (Å²) in [5, 5.41) is 18.8. The molecule has 1 rings (SSSR count). The molecule has 0 amide bonds. The second-order valence-corrected chi connectivity index (χ2v) is 5.72. The monoisotopic (exact) mass is 281 g/mol. The number of aliphatic hydroxyl groups is 1. The Labute approximate surface area is 119 Å². The van der Waals surface area contributed by atoms with Gasteiger partial charge in [-0.3, -0.25) is 0 Å². The number of nitriles is 1. The zero-order valence-electron chi connectivity index (χ0n) is 11.6. The molecule has 3 nitrogen and oxygen atoms in total. The standard InChI is InChI=1S/C15H20ClNO2/c1-11(18)12-5-6-14(13(16)9-12)19-8-4-7-15(2,3)10-17/h5-6,9,11,18H,4,7-8H2,1-3H3. The van der Waals surface area contributed by atoms with Gasteiger partial charge in [0.1, 0.15) is 5.75 Å². The maximum Gasteiger partial charge on any atom is 0.137 e. The summed E-state index contributed by atoms with van der Waals surface area (Å²) in [4.78, 5) is 0. The highest BCUT2D eigenvalue weighted by Crippen LogP contribution is 2.28. The van der Waals surface area contributed by atoms with Crippen LogP contribution in [-0.4, -0.2) is 11.7 Å². The van der Waals surface area contributed by atoms with Gasteiger partial charge in [0.05, 0.1) is 29.2 Å². The topological polar surface area (TPSA) is 53.2 Å². The molecule has 0 heterocycles. The highest BCUT2D eigenvalue weighted by molar-refractivity contribution is 6.32. The van der Waals surface area contributed by atoms with E-state index in [1.165, 1.54) is 0 Å². The molecule has 4 heteroatoms. The van der Waals surface area contributed by atoms with Crippen LogP contribution in [0.15, 0.2) is 18.2 Å². The highest BCUT2D eigenvalue weighted by atomic mass is 35.5. The molecule has 1 atom stereocenters. The first-order valence-corrected chi connectivity index (χ1v) is 6.75. The molecule has 1 aromatic carbocycles. The van der Waals surface area contributed by atoms with E-state index in [1.54, 1.807) is 25.1 Å². The van der Waals surface area contributed by atoms with Crippen LogP contribution in [0, 0.1) is 16.7 Å². The summed E-state index contributed by atoms with van der Waals surface area (Å²) in [7, 11) is 0. The average molecular weight is 282 g/mol. The minimum absolute atomic E-state index is 0.316. The van der Waals surface area contributed by atoms with E-state index in [1.807, 2.05) is 13.8 Å². The first-order chi connectivity index (χ1) is 8.85. The smallest absolute Gasteiger partial charge is 0.137 e. The lowest BCUT2D eigenvalue weighted by Crippen LogP contribution is -2.10. The number of hydrogen-bond donors (Lipinski definition) is 1. The van der Waals surface area contributed by atoms with Crippen molar-refractivity contribution in [1.29, 1.82) is 5.26 Å². The first-order valence-electron chi connectivity index (χ1n) is 6.37. The Morgan fingerprint density at radius 3 is 2.68 bits per heavy atom. The van der Waals surface area contributed by atoms with E-state index < -0.39 is 6.10 Å². The summed E-state index contributed by atoms with van der Waals surface area (Å²) in [6.45, 7) is 6.05. The van der Waals surface area contributed by atoms with E-state index in [2.05, 4.69) is 6.07 Å². The summed E-state index contributed by atoms with van der Waals surface area (Å²) >= 11 is 6.08. The van der Waals surface area contributed by atoms with Gasteiger partial charge in [-0.05, 0) is 51.3 Å². The molecule has 0 fully saturated rings. The number of hydrogen-bond acceptors (Lipinski definition) is 3. The lowest BCUT2D eigenvalue weighted by molar-refractivity contribution is 0.199. The van der Waals surface area contributed by atoms with Gasteiger partial charge >= 0.3 is 0 Å². The molecule has 0 aliphatic heterocycles. The number of rotatable bonds is 6. The van der Waals surface area contributed by atoms with Crippen LogP contribution < -0.4 is 4.74 Å². The Morgan fingerprint density at radius 2 is 2.16 bits per heavy atom. The van der Waals surface area contributed by atoms with E-state index >= 15 is 0 Å². The molecule has 1 N–H and O–H groups in total. The molecule has 1 unspecified atom stereocenters. The first kappa shape index (κ1) is 15.8. The summed E-state index contributed by atoms with van der Waals surface area (Å²) in [6, 6.07) is 7.53. The van der Waals surface area contributed by atoms with Gasteiger partial charge in [0.2, 0.25) is 0 Å². The fourth-order valence-electron chi connectivity index (χ4n) is 1.65. The molecule has 0 saturated heterocycles. The van der Waals surface area contributed by atoms with E-state index in [0.717, 1.165) is 18.4 Å². The Bertz CT molecular complexity index is 464. The Hall–Kier alpha value is -1.24. The van der Waals surface area contributed by atoms with Gasteiger partial charge < -0.3 is 9.84 Å². The van der Waals surface area contributed by atoms with Crippen molar-refractivity contribution in [2.45, 2.75) is 39.7 Å². The average Bonchev–Trinajstić information content (AvgIpc) is 2.36. The number of nitrogens with zero attached hydrogens (tertiary/aromatic N) is 1. The van der Waals surface area contributed by atoms with Crippen molar-refractivity contribution in [3.8, 4) is 11.8 Å². The van der Waals surface area contributed by atoms with Gasteiger partial charge in [-0.2, -0.15) is 5.26 Å². The lowest BCUT2D eigenvalue weighted by atomic mass is 9.90. The van der Waals surface area contributed by atoms with Crippen LogP contribution >= 0.6 is 11.6 Å². The maximum absolute atomic E-state index is 9.44. The molecule has 0 aliphatic rings. The quantitative estimate of drug-likeness (QED) is 0.799. The van der Waals surface area contributed by atoms with Crippen LogP contribution in [0.1, 0.15) is 45.3 Å². The molecular formula is C15H20ClNO2. The van der Waals surface area contributed by atoms with Gasteiger partial charge in [0.25, 0.3) is 0 Å². The van der Waals surface area contributed by atoms with E-state index in [9.17, 15) is 5.11 Å². The third-order valence-electron chi connectivity index (χ3n) is 2.94. The molecule has 1 aromatic rings. The van der Waals surface area contributed by atoms with Crippen LogP contribution in [0.2, 0.25) is 5.02 Å². The van der Waals surface area contributed by atoms with E-state index in [0.29, 0.717) is 17.4 Å². The SMILES string of the molecule is CC(O)c1ccc(OCCCC(C)(C)C#N)c(Cl)c1. The van der Waals surface area contributed by atoms with Crippen molar-refractivity contribution >= 4 is 11.6 Å². The van der Waals surface area contributed by atoms with Crippen molar-refractivity contribution in [3.63, 3.8) is 0 Å². The zero-order valence-corrected chi connectivity index (χ0v) is 12.4. The second kappa shape index (κ2) is 6.79. The van der Waals surface area contributed by atoms with Crippen molar-refractivity contribution < 1.29 is 9.84 Å². The molecular weight excluding hydrogens is 262 g/mol. The summed E-state index contributed by atoms with van der Waals surface area (Å²) in [5.41, 5.74) is 0.450. The zero-order chi connectivity index (χ0) is 14.5. The van der Waals surface area contributed by atoms with E-state index in [-0.39, 0.29) is 5.41 Å². The maximum atomic E-state index is 9.44. The minimum Gasteiger partial charge on any atom is -0.492 e. The Kier molecular flexibility index (Phi) is 5.65. The largest absolute Gasteiger partial charge is 0.492 e. The summed E-state index contributed by atoms with van der Waals surface area (Å²) in [6.07, 6.45) is 1.05. The van der Waals surface area contributed by atoms with E-state index in [4.69, 9.17) is 21.6 Å². The molecule has 0 spiro atoms. The summed E-state index contributed by atoms with van der Waals surface area (Å²) in [5.74, 6) is 0.612. The molecule has 0 aromatic heterocycles. The van der Waals surface area contributed by atoms with Crippen LogP contribution in [0.4, 0.5) is 0 Å². The van der Waals surface area contributed by atoms with Crippen molar-refractivity contribution in [2.24, 2.45) is 5.41 Å². The van der Waals surface area contributed by atoms with Gasteiger partial charge in [0.15, 0.2) is 0 Å². The number of benzene rings is 1. The van der Waals surface area contributed by atoms with Gasteiger partial charge in [-0.15, -0.1) is 0 Å². The summed E-state index contributed by atoms with van der Waals surface area (Å²) < 4.78 is 5.59. The minimum atomic E-state index is -0.539. The fourth-order valence-corrected chi connectivity index (χ4v) is 1.89. The molecule has 0 bridgehead atoms. The van der Waals surface area contributed by atoms with Gasteiger partial charge in [-0.25, -0.2) is 0 Å². The molecule has 19 heavy (non-hydrogen) atoms. The third kappa shape index (κ3) is 5.10. The normalized spacial score (nSPS) is 12.8. The molecule has 0 aliphatic carbocycles. The highest BCUT2D eigenvalue weighted by Gasteiger charge is 2.15. The van der Waals surface area contributed by atoms with Crippen LogP contribution in [0.5, 0.6) is 5.75 Å². The van der Waals surface area contributed by atoms with Gasteiger partial charge in [0, 0.05) is 0 Å². The van der Waals surface area contributed by atoms with Crippen LogP contribution in [0.3, 0.4) is 0 Å². The van der Waals surface area contributed by atoms with Crippen LogP contribution in [-0.2, 0) is 0 Å². The number of halogens is 1. The second-order valence-electron chi connectivity index (χ2n) is 5.31. The predicted molar refractivity (Wildman–Crippen MR) is 76.2 cm³/mol. The van der Waals surface area contributed by atoms with Crippen LogP contribution in [0.25, 0.3) is 0 Å². The molecule has 0 saturated carbocycles. The van der Waals surface area contributed by atoms with Crippen molar-refractivity contribution in [2.75, 3.05) is 6.61 Å².